The van der Waals surface area contributed by atoms with Gasteiger partial charge in [-0.05, 0) is 18.6 Å². The largest absolute Gasteiger partial charge is 0.495 e. The zero-order chi connectivity index (χ0) is 14.8. The lowest BCUT2D eigenvalue weighted by Crippen LogP contribution is -2.54. The number of nitrogens with one attached hydrogen (secondary N) is 2. The molecule has 112 valence electrons. The maximum Gasteiger partial charge on any atom is 0.249 e. The first-order valence-corrected chi connectivity index (χ1v) is 7.16. The molecule has 2 aliphatic heterocycles. The van der Waals surface area contributed by atoms with Crippen LogP contribution in [0.25, 0.3) is 0 Å². The van der Waals surface area contributed by atoms with Crippen molar-refractivity contribution < 1.29 is 14.3 Å². The summed E-state index contributed by atoms with van der Waals surface area (Å²) in [6.45, 7) is 1.99. The van der Waals surface area contributed by atoms with Gasteiger partial charge in [-0.15, -0.1) is 0 Å². The summed E-state index contributed by atoms with van der Waals surface area (Å²) >= 11 is 0. The zero-order valence-electron chi connectivity index (χ0n) is 12.0. The fraction of sp³-hybridized carbons (Fsp3) is 0.467. The highest BCUT2D eigenvalue weighted by Gasteiger charge is 2.36. The summed E-state index contributed by atoms with van der Waals surface area (Å²) in [5.41, 5.74) is 0.757. The predicted octanol–water partition coefficient (Wildman–Crippen LogP) is 0.136. The van der Waals surface area contributed by atoms with Gasteiger partial charge in [0.1, 0.15) is 11.8 Å². The Labute approximate surface area is 123 Å². The molecule has 1 unspecified atom stereocenters. The van der Waals surface area contributed by atoms with Gasteiger partial charge < -0.3 is 20.3 Å². The van der Waals surface area contributed by atoms with Crippen molar-refractivity contribution in [1.82, 2.24) is 10.6 Å². The number of ether oxygens (including phenoxy) is 1. The minimum absolute atomic E-state index is 0.00175. The van der Waals surface area contributed by atoms with E-state index in [4.69, 9.17) is 4.74 Å². The van der Waals surface area contributed by atoms with E-state index in [9.17, 15) is 9.59 Å². The third kappa shape index (κ3) is 2.58. The van der Waals surface area contributed by atoms with E-state index < -0.39 is 6.04 Å². The van der Waals surface area contributed by atoms with Gasteiger partial charge in [0.2, 0.25) is 11.8 Å². The number of amides is 2. The van der Waals surface area contributed by atoms with E-state index in [1.54, 1.807) is 12.0 Å². The molecule has 0 aromatic heterocycles. The third-order valence-corrected chi connectivity index (χ3v) is 4.05. The molecule has 1 aromatic rings. The van der Waals surface area contributed by atoms with E-state index in [0.29, 0.717) is 31.8 Å². The van der Waals surface area contributed by atoms with Crippen molar-refractivity contribution >= 4 is 17.5 Å². The van der Waals surface area contributed by atoms with E-state index in [0.717, 1.165) is 5.69 Å². The number of hydrogen-bond donors (Lipinski definition) is 2. The highest BCUT2D eigenvalue weighted by Crippen LogP contribution is 2.31. The first-order valence-electron chi connectivity index (χ1n) is 7.16. The lowest BCUT2D eigenvalue weighted by Gasteiger charge is -2.27. The maximum absolute atomic E-state index is 12.5. The molecule has 2 fully saturated rings. The van der Waals surface area contributed by atoms with E-state index >= 15 is 0 Å². The number of para-hydroxylation sites is 2. The van der Waals surface area contributed by atoms with Crippen LogP contribution in [-0.4, -0.2) is 44.6 Å². The second kappa shape index (κ2) is 5.73. The second-order valence-electron chi connectivity index (χ2n) is 5.37. The van der Waals surface area contributed by atoms with Crippen LogP contribution >= 0.6 is 0 Å². The molecule has 2 saturated heterocycles. The minimum Gasteiger partial charge on any atom is -0.495 e. The van der Waals surface area contributed by atoms with Crippen LogP contribution in [0.2, 0.25) is 0 Å². The number of carbonyl (C=O) groups is 2. The molecule has 2 heterocycles. The Kier molecular flexibility index (Phi) is 3.79. The molecule has 1 atom stereocenters. The fourth-order valence-corrected chi connectivity index (χ4v) is 2.67. The molecule has 0 aliphatic carbocycles. The molecule has 6 nitrogen and oxygen atoms in total. The Morgan fingerprint density at radius 2 is 2.14 bits per heavy atom. The quantitative estimate of drug-likeness (QED) is 0.827. The molecule has 6 heteroatoms. The van der Waals surface area contributed by atoms with Gasteiger partial charge in [-0.1, -0.05) is 12.1 Å². The molecule has 21 heavy (non-hydrogen) atoms. The number of rotatable bonds is 4. The Hall–Kier alpha value is -2.08. The molecular formula is C15H19N3O3. The first kappa shape index (κ1) is 13.9. The Balaban J connectivity index is 1.69. The Morgan fingerprint density at radius 3 is 2.81 bits per heavy atom. The van der Waals surface area contributed by atoms with Gasteiger partial charge in [-0.25, -0.2) is 0 Å². The number of hydrogen-bond acceptors (Lipinski definition) is 4. The SMILES string of the molecule is COc1ccccc1N1CCC(NC(=O)C2CNC2)C1=O. The van der Waals surface area contributed by atoms with Gasteiger partial charge in [0.25, 0.3) is 0 Å². The van der Waals surface area contributed by atoms with E-state index in [-0.39, 0.29) is 17.7 Å². The summed E-state index contributed by atoms with van der Waals surface area (Å²) in [5, 5.41) is 5.91. The van der Waals surface area contributed by atoms with E-state index in [1.165, 1.54) is 0 Å². The summed E-state index contributed by atoms with van der Waals surface area (Å²) in [5.74, 6) is 0.563. The number of carbonyl (C=O) groups excluding carboxylic acids is 2. The van der Waals surface area contributed by atoms with Crippen LogP contribution < -0.4 is 20.3 Å². The standard InChI is InChI=1S/C15H19N3O3/c1-21-13-5-3-2-4-12(13)18-7-6-11(15(18)20)17-14(19)10-8-16-9-10/h2-5,10-11,16H,6-9H2,1H3,(H,17,19). The van der Waals surface area contributed by atoms with Crippen molar-refractivity contribution in [3.63, 3.8) is 0 Å². The summed E-state index contributed by atoms with van der Waals surface area (Å²) in [6.07, 6.45) is 0.628. The summed E-state index contributed by atoms with van der Waals surface area (Å²) in [6, 6.07) is 7.00. The highest BCUT2D eigenvalue weighted by molar-refractivity contribution is 6.02. The molecule has 3 rings (SSSR count). The second-order valence-corrected chi connectivity index (χ2v) is 5.37. The highest BCUT2D eigenvalue weighted by atomic mass is 16.5. The molecule has 2 N–H and O–H groups in total. The van der Waals surface area contributed by atoms with Crippen molar-refractivity contribution in [3.8, 4) is 5.75 Å². The van der Waals surface area contributed by atoms with Gasteiger partial charge in [-0.2, -0.15) is 0 Å². The Bertz CT molecular complexity index is 557. The molecule has 2 aliphatic rings. The molecular weight excluding hydrogens is 270 g/mol. The van der Waals surface area contributed by atoms with Crippen molar-refractivity contribution in [2.24, 2.45) is 5.92 Å². The van der Waals surface area contributed by atoms with Gasteiger partial charge in [0.15, 0.2) is 0 Å². The van der Waals surface area contributed by atoms with Crippen LogP contribution in [0.5, 0.6) is 5.75 Å². The number of benzene rings is 1. The van der Waals surface area contributed by atoms with Gasteiger partial charge in [0.05, 0.1) is 18.7 Å². The van der Waals surface area contributed by atoms with Gasteiger partial charge >= 0.3 is 0 Å². The fourth-order valence-electron chi connectivity index (χ4n) is 2.67. The van der Waals surface area contributed by atoms with E-state index in [1.807, 2.05) is 24.3 Å². The van der Waals surface area contributed by atoms with Crippen LogP contribution in [0.15, 0.2) is 24.3 Å². The number of nitrogens with zero attached hydrogens (tertiary/aromatic N) is 1. The minimum atomic E-state index is -0.428. The monoisotopic (exact) mass is 289 g/mol. The average Bonchev–Trinajstić information content (AvgIpc) is 2.78. The predicted molar refractivity (Wildman–Crippen MR) is 78.3 cm³/mol. The van der Waals surface area contributed by atoms with Crippen molar-refractivity contribution in [3.05, 3.63) is 24.3 Å². The first-order chi connectivity index (χ1) is 10.2. The average molecular weight is 289 g/mol. The molecule has 0 radical (unpaired) electrons. The van der Waals surface area contributed by atoms with Crippen molar-refractivity contribution in [2.45, 2.75) is 12.5 Å². The van der Waals surface area contributed by atoms with Crippen LogP contribution in [0.4, 0.5) is 5.69 Å². The molecule has 0 saturated carbocycles. The molecule has 0 spiro atoms. The van der Waals surface area contributed by atoms with Crippen molar-refractivity contribution in [1.29, 1.82) is 0 Å². The molecule has 2 amide bonds. The summed E-state index contributed by atoms with van der Waals surface area (Å²) < 4.78 is 5.30. The lowest BCUT2D eigenvalue weighted by molar-refractivity contribution is -0.130. The topological polar surface area (TPSA) is 70.7 Å². The summed E-state index contributed by atoms with van der Waals surface area (Å²) in [4.78, 5) is 26.1. The molecule has 0 bridgehead atoms. The maximum atomic E-state index is 12.5. The Morgan fingerprint density at radius 1 is 1.38 bits per heavy atom. The summed E-state index contributed by atoms with van der Waals surface area (Å²) in [7, 11) is 1.59. The lowest BCUT2D eigenvalue weighted by atomic mass is 10.0. The zero-order valence-corrected chi connectivity index (χ0v) is 12.0. The van der Waals surface area contributed by atoms with Gasteiger partial charge in [0, 0.05) is 19.6 Å². The van der Waals surface area contributed by atoms with Gasteiger partial charge in [-0.3, -0.25) is 9.59 Å². The van der Waals surface area contributed by atoms with E-state index in [2.05, 4.69) is 10.6 Å². The number of anilines is 1. The van der Waals surface area contributed by atoms with Crippen molar-refractivity contribution in [2.75, 3.05) is 31.6 Å². The van der Waals surface area contributed by atoms with Crippen LogP contribution in [-0.2, 0) is 9.59 Å². The number of methoxy groups -OCH3 is 1. The van der Waals surface area contributed by atoms with Crippen LogP contribution in [0.3, 0.4) is 0 Å². The van der Waals surface area contributed by atoms with Crippen LogP contribution in [0.1, 0.15) is 6.42 Å². The van der Waals surface area contributed by atoms with Crippen LogP contribution in [0, 0.1) is 5.92 Å². The molecule has 1 aromatic carbocycles. The normalized spacial score (nSPS) is 22.0. The smallest absolute Gasteiger partial charge is 0.249 e. The third-order valence-electron chi connectivity index (χ3n) is 4.05.